The molecule has 0 heterocycles. The Bertz CT molecular complexity index is 595. The standard InChI is InChI=1S/C18H23NO5/c1-5-6-11-23-14-9-7-13(8-10-14)12-15(16(20)21)19-17(22)24-18(2,3)4/h1,7-10,15H,6,11-12H2,2-4H3,(H,19,22)(H,20,21)/t15-/m0/s1. The van der Waals surface area contributed by atoms with Crippen molar-refractivity contribution >= 4 is 12.1 Å². The molecule has 0 fully saturated rings. The first kappa shape index (κ1) is 19.4. The first-order valence-corrected chi connectivity index (χ1v) is 7.59. The number of terminal acetylenes is 1. The molecule has 0 saturated carbocycles. The average Bonchev–Trinajstić information content (AvgIpc) is 2.46. The lowest BCUT2D eigenvalue weighted by Crippen LogP contribution is -2.44. The van der Waals surface area contributed by atoms with Gasteiger partial charge in [0.2, 0.25) is 0 Å². The lowest BCUT2D eigenvalue weighted by atomic mass is 10.1. The SMILES string of the molecule is C#CCCOc1ccc(C[C@H](NC(=O)OC(C)(C)C)C(=O)O)cc1. The summed E-state index contributed by atoms with van der Waals surface area (Å²) in [6.07, 6.45) is 5.04. The molecule has 1 aromatic rings. The van der Waals surface area contributed by atoms with Crippen LogP contribution in [0.5, 0.6) is 5.75 Å². The van der Waals surface area contributed by atoms with Crippen LogP contribution in [-0.4, -0.2) is 35.4 Å². The van der Waals surface area contributed by atoms with E-state index in [2.05, 4.69) is 11.2 Å². The van der Waals surface area contributed by atoms with Crippen molar-refractivity contribution < 1.29 is 24.2 Å². The summed E-state index contributed by atoms with van der Waals surface area (Å²) in [5.41, 5.74) is 0.0626. The summed E-state index contributed by atoms with van der Waals surface area (Å²) >= 11 is 0. The van der Waals surface area contributed by atoms with E-state index in [1.54, 1.807) is 45.0 Å². The third kappa shape index (κ3) is 7.54. The van der Waals surface area contributed by atoms with Crippen molar-refractivity contribution in [2.75, 3.05) is 6.61 Å². The lowest BCUT2D eigenvalue weighted by Gasteiger charge is -2.22. The topological polar surface area (TPSA) is 84.9 Å². The van der Waals surface area contributed by atoms with Crippen LogP contribution in [0.1, 0.15) is 32.8 Å². The van der Waals surface area contributed by atoms with E-state index in [1.807, 2.05) is 0 Å². The van der Waals surface area contributed by atoms with E-state index in [0.717, 1.165) is 5.56 Å². The third-order valence-corrected chi connectivity index (χ3v) is 2.87. The van der Waals surface area contributed by atoms with Gasteiger partial charge in [0.25, 0.3) is 0 Å². The summed E-state index contributed by atoms with van der Waals surface area (Å²) in [6, 6.07) is 5.89. The van der Waals surface area contributed by atoms with Gasteiger partial charge >= 0.3 is 12.1 Å². The van der Waals surface area contributed by atoms with Gasteiger partial charge < -0.3 is 19.9 Å². The number of benzene rings is 1. The maximum absolute atomic E-state index is 11.7. The summed E-state index contributed by atoms with van der Waals surface area (Å²) in [5.74, 6) is 2.00. The van der Waals surface area contributed by atoms with E-state index in [1.165, 1.54) is 0 Å². The second kappa shape index (κ2) is 8.82. The average molecular weight is 333 g/mol. The molecule has 2 N–H and O–H groups in total. The zero-order valence-electron chi connectivity index (χ0n) is 14.2. The van der Waals surface area contributed by atoms with Crippen molar-refractivity contribution in [3.63, 3.8) is 0 Å². The molecular formula is C18H23NO5. The number of hydrogen-bond acceptors (Lipinski definition) is 4. The number of amides is 1. The number of rotatable bonds is 7. The Labute approximate surface area is 142 Å². The molecule has 24 heavy (non-hydrogen) atoms. The number of carbonyl (C=O) groups is 2. The molecule has 0 bridgehead atoms. The first-order chi connectivity index (χ1) is 11.2. The Hall–Kier alpha value is -2.68. The number of ether oxygens (including phenoxy) is 2. The van der Waals surface area contributed by atoms with Gasteiger partial charge in [0, 0.05) is 12.8 Å². The van der Waals surface area contributed by atoms with Crippen LogP contribution in [0, 0.1) is 12.3 Å². The molecule has 0 aromatic heterocycles. The quantitative estimate of drug-likeness (QED) is 0.592. The van der Waals surface area contributed by atoms with Crippen LogP contribution in [0.3, 0.4) is 0 Å². The molecule has 0 spiro atoms. The number of carboxylic acid groups (broad SMARTS) is 1. The maximum Gasteiger partial charge on any atom is 0.408 e. The van der Waals surface area contributed by atoms with Crippen LogP contribution < -0.4 is 10.1 Å². The smallest absolute Gasteiger partial charge is 0.408 e. The van der Waals surface area contributed by atoms with Gasteiger partial charge in [-0.3, -0.25) is 0 Å². The first-order valence-electron chi connectivity index (χ1n) is 7.59. The maximum atomic E-state index is 11.7. The van der Waals surface area contributed by atoms with Gasteiger partial charge in [-0.2, -0.15) is 0 Å². The summed E-state index contributed by atoms with van der Waals surface area (Å²) in [7, 11) is 0. The zero-order valence-corrected chi connectivity index (χ0v) is 14.2. The van der Waals surface area contributed by atoms with Gasteiger partial charge in [-0.1, -0.05) is 12.1 Å². The fourth-order valence-electron chi connectivity index (χ4n) is 1.84. The highest BCUT2D eigenvalue weighted by Gasteiger charge is 2.24. The van der Waals surface area contributed by atoms with Crippen molar-refractivity contribution in [2.24, 2.45) is 0 Å². The fraction of sp³-hybridized carbons (Fsp3) is 0.444. The number of carboxylic acids is 1. The Balaban J connectivity index is 2.64. The number of nitrogens with one attached hydrogen (secondary N) is 1. The molecule has 0 radical (unpaired) electrons. The summed E-state index contributed by atoms with van der Waals surface area (Å²) in [5, 5.41) is 11.6. The van der Waals surface area contributed by atoms with Crippen molar-refractivity contribution in [3.05, 3.63) is 29.8 Å². The molecule has 0 saturated heterocycles. The van der Waals surface area contributed by atoms with Crippen molar-refractivity contribution in [2.45, 2.75) is 45.3 Å². The Kier molecular flexibility index (Phi) is 7.12. The Morgan fingerprint density at radius 1 is 1.29 bits per heavy atom. The van der Waals surface area contributed by atoms with E-state index in [-0.39, 0.29) is 6.42 Å². The van der Waals surface area contributed by atoms with Gasteiger partial charge in [-0.15, -0.1) is 12.3 Å². The van der Waals surface area contributed by atoms with Crippen molar-refractivity contribution in [3.8, 4) is 18.1 Å². The molecule has 1 amide bonds. The Morgan fingerprint density at radius 2 is 1.92 bits per heavy atom. The van der Waals surface area contributed by atoms with E-state index in [4.69, 9.17) is 15.9 Å². The van der Waals surface area contributed by atoms with Crippen LogP contribution in [0.4, 0.5) is 4.79 Å². The minimum Gasteiger partial charge on any atom is -0.493 e. The molecule has 1 aromatic carbocycles. The summed E-state index contributed by atoms with van der Waals surface area (Å²) in [4.78, 5) is 23.1. The lowest BCUT2D eigenvalue weighted by molar-refractivity contribution is -0.139. The van der Waals surface area contributed by atoms with Crippen molar-refractivity contribution in [1.82, 2.24) is 5.32 Å². The molecule has 0 unspecified atom stereocenters. The second-order valence-corrected chi connectivity index (χ2v) is 6.19. The monoisotopic (exact) mass is 333 g/mol. The van der Waals surface area contributed by atoms with Crippen molar-refractivity contribution in [1.29, 1.82) is 0 Å². The van der Waals surface area contributed by atoms with Crippen LogP contribution >= 0.6 is 0 Å². The molecule has 1 atom stereocenters. The van der Waals surface area contributed by atoms with Gasteiger partial charge in [-0.25, -0.2) is 9.59 Å². The minimum absolute atomic E-state index is 0.138. The molecule has 0 aliphatic carbocycles. The van der Waals surface area contributed by atoms with Crippen LogP contribution in [0.15, 0.2) is 24.3 Å². The number of carbonyl (C=O) groups excluding carboxylic acids is 1. The highest BCUT2D eigenvalue weighted by atomic mass is 16.6. The molecule has 6 heteroatoms. The Morgan fingerprint density at radius 3 is 2.42 bits per heavy atom. The highest BCUT2D eigenvalue weighted by molar-refractivity contribution is 5.80. The second-order valence-electron chi connectivity index (χ2n) is 6.19. The third-order valence-electron chi connectivity index (χ3n) is 2.87. The molecule has 0 aliphatic heterocycles. The van der Waals surface area contributed by atoms with Gasteiger partial charge in [0.15, 0.2) is 0 Å². The van der Waals surface area contributed by atoms with Crippen LogP contribution in [-0.2, 0) is 16.0 Å². The van der Waals surface area contributed by atoms with E-state index >= 15 is 0 Å². The molecule has 1 rings (SSSR count). The predicted molar refractivity (Wildman–Crippen MR) is 89.9 cm³/mol. The fourth-order valence-corrected chi connectivity index (χ4v) is 1.84. The van der Waals surface area contributed by atoms with Gasteiger partial charge in [0.05, 0.1) is 6.61 Å². The van der Waals surface area contributed by atoms with Crippen LogP contribution in [0.25, 0.3) is 0 Å². The normalized spacial score (nSPS) is 11.9. The van der Waals surface area contributed by atoms with E-state index in [0.29, 0.717) is 18.8 Å². The molecule has 130 valence electrons. The largest absolute Gasteiger partial charge is 0.493 e. The molecule has 6 nitrogen and oxygen atoms in total. The van der Waals surface area contributed by atoms with Crippen LogP contribution in [0.2, 0.25) is 0 Å². The van der Waals surface area contributed by atoms with Gasteiger partial charge in [0.1, 0.15) is 17.4 Å². The number of aliphatic carboxylic acids is 1. The van der Waals surface area contributed by atoms with E-state index < -0.39 is 23.7 Å². The zero-order chi connectivity index (χ0) is 18.2. The molecular weight excluding hydrogens is 310 g/mol. The summed E-state index contributed by atoms with van der Waals surface area (Å²) in [6.45, 7) is 5.55. The van der Waals surface area contributed by atoms with Gasteiger partial charge in [-0.05, 0) is 38.5 Å². The predicted octanol–water partition coefficient (Wildman–Crippen LogP) is 2.61. The number of hydrogen-bond donors (Lipinski definition) is 2. The highest BCUT2D eigenvalue weighted by Crippen LogP contribution is 2.14. The minimum atomic E-state index is -1.13. The summed E-state index contributed by atoms with van der Waals surface area (Å²) < 4.78 is 10.5. The number of alkyl carbamates (subject to hydrolysis) is 1. The molecule has 0 aliphatic rings. The van der Waals surface area contributed by atoms with E-state index in [9.17, 15) is 14.7 Å².